The molecule has 0 bridgehead atoms. The molecule has 0 radical (unpaired) electrons. The van der Waals surface area contributed by atoms with Crippen LogP contribution in [0.4, 0.5) is 0 Å². The van der Waals surface area contributed by atoms with E-state index in [4.69, 9.17) is 5.11 Å². The van der Waals surface area contributed by atoms with Crippen LogP contribution in [-0.4, -0.2) is 11.1 Å². The zero-order valence-electron chi connectivity index (χ0n) is 8.02. The summed E-state index contributed by atoms with van der Waals surface area (Å²) in [4.78, 5) is 10.6. The molecule has 0 amide bonds. The lowest BCUT2D eigenvalue weighted by atomic mass is 9.93. The number of rotatable bonds is 5. The second kappa shape index (κ2) is 5.22. The highest BCUT2D eigenvalue weighted by molar-refractivity contribution is 5.68. The molecular weight excluding hydrogens is 176 g/mol. The van der Waals surface area contributed by atoms with Gasteiger partial charge in [0.05, 0.1) is 6.42 Å². The molecule has 1 N–H and O–H groups in total. The summed E-state index contributed by atoms with van der Waals surface area (Å²) >= 11 is 0. The monoisotopic (exact) mass is 190 g/mol. The van der Waals surface area contributed by atoms with Crippen LogP contribution in [0.1, 0.15) is 24.3 Å². The predicted octanol–water partition coefficient (Wildman–Crippen LogP) is 2.82. The number of carboxylic acids is 1. The maximum Gasteiger partial charge on any atom is 0.303 e. The van der Waals surface area contributed by atoms with Gasteiger partial charge in [-0.15, -0.1) is 6.58 Å². The molecule has 0 spiro atoms. The lowest BCUT2D eigenvalue weighted by Crippen LogP contribution is -2.05. The molecule has 0 saturated carbocycles. The number of hydrogen-bond donors (Lipinski definition) is 1. The molecule has 1 atom stereocenters. The lowest BCUT2D eigenvalue weighted by Gasteiger charge is -2.12. The molecule has 2 nitrogen and oxygen atoms in total. The zero-order chi connectivity index (χ0) is 10.4. The Balaban J connectivity index is 2.77. The fourth-order valence-corrected chi connectivity index (χ4v) is 1.47. The van der Waals surface area contributed by atoms with Crippen molar-refractivity contribution in [1.82, 2.24) is 0 Å². The first-order valence-electron chi connectivity index (χ1n) is 4.61. The largest absolute Gasteiger partial charge is 0.481 e. The van der Waals surface area contributed by atoms with Crippen molar-refractivity contribution in [2.24, 2.45) is 0 Å². The summed E-state index contributed by atoms with van der Waals surface area (Å²) in [6.45, 7) is 3.64. The smallest absolute Gasteiger partial charge is 0.303 e. The van der Waals surface area contributed by atoms with Crippen molar-refractivity contribution in [2.75, 3.05) is 0 Å². The van der Waals surface area contributed by atoms with Gasteiger partial charge in [-0.3, -0.25) is 4.79 Å². The molecule has 1 aromatic rings. The molecule has 0 aliphatic rings. The van der Waals surface area contributed by atoms with Crippen molar-refractivity contribution in [3.63, 3.8) is 0 Å². The Bertz CT molecular complexity index is 303. The van der Waals surface area contributed by atoms with Crippen molar-refractivity contribution in [3.8, 4) is 0 Å². The van der Waals surface area contributed by atoms with Crippen LogP contribution in [0.25, 0.3) is 0 Å². The molecule has 1 aromatic carbocycles. The van der Waals surface area contributed by atoms with Gasteiger partial charge in [-0.05, 0) is 17.9 Å². The third kappa shape index (κ3) is 3.05. The highest BCUT2D eigenvalue weighted by Crippen LogP contribution is 2.23. The Hall–Kier alpha value is -1.57. The molecule has 0 saturated heterocycles. The standard InChI is InChI=1S/C12H14O2/c1-2-6-11(9-12(13)14)10-7-4-3-5-8-10/h2-5,7-8,11H,1,6,9H2,(H,13,14). The van der Waals surface area contributed by atoms with E-state index in [1.807, 2.05) is 30.3 Å². The van der Waals surface area contributed by atoms with Gasteiger partial charge >= 0.3 is 5.97 Å². The average molecular weight is 190 g/mol. The van der Waals surface area contributed by atoms with Crippen molar-refractivity contribution in [1.29, 1.82) is 0 Å². The fourth-order valence-electron chi connectivity index (χ4n) is 1.47. The van der Waals surface area contributed by atoms with Crippen LogP contribution >= 0.6 is 0 Å². The zero-order valence-corrected chi connectivity index (χ0v) is 8.02. The minimum Gasteiger partial charge on any atom is -0.481 e. The van der Waals surface area contributed by atoms with Crippen molar-refractivity contribution in [2.45, 2.75) is 18.8 Å². The summed E-state index contributed by atoms with van der Waals surface area (Å²) in [5.74, 6) is -0.716. The Labute approximate surface area is 83.9 Å². The topological polar surface area (TPSA) is 37.3 Å². The second-order valence-electron chi connectivity index (χ2n) is 3.23. The maximum absolute atomic E-state index is 10.6. The number of allylic oxidation sites excluding steroid dienone is 1. The van der Waals surface area contributed by atoms with Gasteiger partial charge in [0.2, 0.25) is 0 Å². The van der Waals surface area contributed by atoms with Gasteiger partial charge in [0.15, 0.2) is 0 Å². The number of hydrogen-bond acceptors (Lipinski definition) is 1. The Morgan fingerprint density at radius 1 is 1.43 bits per heavy atom. The minimum atomic E-state index is -0.763. The summed E-state index contributed by atoms with van der Waals surface area (Å²) in [6.07, 6.45) is 2.63. The minimum absolute atomic E-state index is 0.0474. The normalized spacial score (nSPS) is 12.0. The van der Waals surface area contributed by atoms with Crippen molar-refractivity contribution < 1.29 is 9.90 Å². The van der Waals surface area contributed by atoms with Crippen molar-refractivity contribution >= 4 is 5.97 Å². The summed E-state index contributed by atoms with van der Waals surface area (Å²) in [7, 11) is 0. The van der Waals surface area contributed by atoms with Gasteiger partial charge < -0.3 is 5.11 Å². The van der Waals surface area contributed by atoms with E-state index in [9.17, 15) is 4.79 Å². The van der Waals surface area contributed by atoms with E-state index in [0.717, 1.165) is 5.56 Å². The predicted molar refractivity (Wildman–Crippen MR) is 56.2 cm³/mol. The molecular formula is C12H14O2. The van der Waals surface area contributed by atoms with Gasteiger partial charge in [-0.25, -0.2) is 0 Å². The Morgan fingerprint density at radius 2 is 2.07 bits per heavy atom. The highest BCUT2D eigenvalue weighted by atomic mass is 16.4. The van der Waals surface area contributed by atoms with E-state index in [-0.39, 0.29) is 12.3 Å². The molecule has 74 valence electrons. The Morgan fingerprint density at radius 3 is 2.57 bits per heavy atom. The number of carboxylic acid groups (broad SMARTS) is 1. The third-order valence-electron chi connectivity index (χ3n) is 2.14. The average Bonchev–Trinajstić information content (AvgIpc) is 2.18. The molecule has 2 heteroatoms. The lowest BCUT2D eigenvalue weighted by molar-refractivity contribution is -0.137. The van der Waals surface area contributed by atoms with E-state index in [2.05, 4.69) is 6.58 Å². The van der Waals surface area contributed by atoms with E-state index in [1.54, 1.807) is 6.08 Å². The van der Waals surface area contributed by atoms with Crippen molar-refractivity contribution in [3.05, 3.63) is 48.6 Å². The summed E-state index contributed by atoms with van der Waals surface area (Å²) in [5, 5.41) is 8.74. The summed E-state index contributed by atoms with van der Waals surface area (Å²) in [5.41, 5.74) is 1.06. The fraction of sp³-hybridized carbons (Fsp3) is 0.250. The molecule has 0 heterocycles. The quantitative estimate of drug-likeness (QED) is 0.725. The van der Waals surface area contributed by atoms with Gasteiger partial charge in [0, 0.05) is 0 Å². The van der Waals surface area contributed by atoms with Gasteiger partial charge in [-0.2, -0.15) is 0 Å². The molecule has 0 aliphatic heterocycles. The van der Waals surface area contributed by atoms with Crippen LogP contribution in [-0.2, 0) is 4.79 Å². The van der Waals surface area contributed by atoms with E-state index in [0.29, 0.717) is 6.42 Å². The van der Waals surface area contributed by atoms with E-state index >= 15 is 0 Å². The third-order valence-corrected chi connectivity index (χ3v) is 2.14. The second-order valence-corrected chi connectivity index (χ2v) is 3.23. The summed E-state index contributed by atoms with van der Waals surface area (Å²) in [6, 6.07) is 9.68. The maximum atomic E-state index is 10.6. The summed E-state index contributed by atoms with van der Waals surface area (Å²) < 4.78 is 0. The van der Waals surface area contributed by atoms with Crippen LogP contribution in [0, 0.1) is 0 Å². The van der Waals surface area contributed by atoms with Gasteiger partial charge in [0.1, 0.15) is 0 Å². The first kappa shape index (κ1) is 10.5. The molecule has 1 unspecified atom stereocenters. The first-order valence-corrected chi connectivity index (χ1v) is 4.61. The first-order chi connectivity index (χ1) is 6.74. The van der Waals surface area contributed by atoms with E-state index < -0.39 is 5.97 Å². The highest BCUT2D eigenvalue weighted by Gasteiger charge is 2.13. The molecule has 14 heavy (non-hydrogen) atoms. The molecule has 0 aromatic heterocycles. The number of carbonyl (C=O) groups is 1. The SMILES string of the molecule is C=CCC(CC(=O)O)c1ccccc1. The number of benzene rings is 1. The Kier molecular flexibility index (Phi) is 3.92. The van der Waals surface area contributed by atoms with Crippen LogP contribution < -0.4 is 0 Å². The molecule has 1 rings (SSSR count). The molecule has 0 fully saturated rings. The van der Waals surface area contributed by atoms with Crippen LogP contribution in [0.3, 0.4) is 0 Å². The van der Waals surface area contributed by atoms with Crippen LogP contribution in [0.2, 0.25) is 0 Å². The number of aliphatic carboxylic acids is 1. The van der Waals surface area contributed by atoms with Crippen LogP contribution in [0.15, 0.2) is 43.0 Å². The van der Waals surface area contributed by atoms with Gasteiger partial charge in [0.25, 0.3) is 0 Å². The van der Waals surface area contributed by atoms with E-state index in [1.165, 1.54) is 0 Å². The molecule has 0 aliphatic carbocycles. The van der Waals surface area contributed by atoms with Crippen LogP contribution in [0.5, 0.6) is 0 Å². The van der Waals surface area contributed by atoms with Gasteiger partial charge in [-0.1, -0.05) is 36.4 Å².